The van der Waals surface area contributed by atoms with Crippen molar-refractivity contribution < 1.29 is 4.74 Å². The molecule has 1 N–H and O–H groups in total. The van der Waals surface area contributed by atoms with Gasteiger partial charge in [-0.1, -0.05) is 19.8 Å². The van der Waals surface area contributed by atoms with E-state index in [4.69, 9.17) is 4.74 Å². The second kappa shape index (κ2) is 5.86. The molecule has 2 nitrogen and oxygen atoms in total. The molecule has 0 spiro atoms. The molecule has 0 aromatic heterocycles. The summed E-state index contributed by atoms with van der Waals surface area (Å²) in [4.78, 5) is 0. The zero-order valence-corrected chi connectivity index (χ0v) is 10.0. The molecule has 2 aliphatic rings. The maximum absolute atomic E-state index is 6.03. The maximum atomic E-state index is 6.03. The Kier molecular flexibility index (Phi) is 4.45. The van der Waals surface area contributed by atoms with E-state index in [-0.39, 0.29) is 0 Å². The van der Waals surface area contributed by atoms with E-state index in [1.54, 1.807) is 0 Å². The van der Waals surface area contributed by atoms with Crippen molar-refractivity contribution in [3.8, 4) is 0 Å². The van der Waals surface area contributed by atoms with Gasteiger partial charge in [0, 0.05) is 13.2 Å². The molecule has 1 saturated heterocycles. The summed E-state index contributed by atoms with van der Waals surface area (Å²) >= 11 is 0. The molecule has 2 fully saturated rings. The first kappa shape index (κ1) is 11.4. The lowest BCUT2D eigenvalue weighted by Crippen LogP contribution is -2.40. The number of hydrogen-bond donors (Lipinski definition) is 1. The van der Waals surface area contributed by atoms with E-state index in [0.717, 1.165) is 31.5 Å². The Balaban J connectivity index is 1.86. The second-order valence-electron chi connectivity index (χ2n) is 5.09. The monoisotopic (exact) mass is 211 g/mol. The summed E-state index contributed by atoms with van der Waals surface area (Å²) in [6.45, 7) is 5.45. The van der Waals surface area contributed by atoms with Crippen LogP contribution < -0.4 is 5.32 Å². The van der Waals surface area contributed by atoms with Crippen LogP contribution in [0.2, 0.25) is 0 Å². The van der Waals surface area contributed by atoms with Gasteiger partial charge in [0.2, 0.25) is 0 Å². The summed E-state index contributed by atoms with van der Waals surface area (Å²) in [6.07, 6.45) is 8.88. The Morgan fingerprint density at radius 3 is 2.67 bits per heavy atom. The Bertz CT molecular complexity index is 177. The zero-order chi connectivity index (χ0) is 10.5. The average Bonchev–Trinajstić information content (AvgIpc) is 2.80. The highest BCUT2D eigenvalue weighted by Gasteiger charge is 2.33. The zero-order valence-electron chi connectivity index (χ0n) is 10.0. The molecule has 0 bridgehead atoms. The number of rotatable bonds is 4. The van der Waals surface area contributed by atoms with Crippen LogP contribution in [0.4, 0.5) is 0 Å². The van der Waals surface area contributed by atoms with Crippen LogP contribution in [0.1, 0.15) is 45.4 Å². The lowest BCUT2D eigenvalue weighted by molar-refractivity contribution is -0.0581. The van der Waals surface area contributed by atoms with Gasteiger partial charge in [-0.15, -0.1) is 0 Å². The van der Waals surface area contributed by atoms with E-state index in [2.05, 4.69) is 12.2 Å². The summed E-state index contributed by atoms with van der Waals surface area (Å²) in [7, 11) is 0. The Morgan fingerprint density at radius 1 is 1.13 bits per heavy atom. The predicted octanol–water partition coefficient (Wildman–Crippen LogP) is 2.58. The van der Waals surface area contributed by atoms with E-state index in [1.807, 2.05) is 0 Å². The third kappa shape index (κ3) is 2.94. The summed E-state index contributed by atoms with van der Waals surface area (Å²) < 4.78 is 6.03. The maximum Gasteiger partial charge on any atom is 0.0643 e. The molecule has 88 valence electrons. The van der Waals surface area contributed by atoms with Gasteiger partial charge in [0.1, 0.15) is 0 Å². The molecule has 0 aromatic carbocycles. The molecular formula is C13H25NO. The summed E-state index contributed by atoms with van der Waals surface area (Å²) in [5, 5.41) is 3.49. The van der Waals surface area contributed by atoms with Crippen molar-refractivity contribution in [1.82, 2.24) is 5.32 Å². The van der Waals surface area contributed by atoms with Gasteiger partial charge in [0.25, 0.3) is 0 Å². The highest BCUT2D eigenvalue weighted by atomic mass is 16.5. The van der Waals surface area contributed by atoms with Crippen molar-refractivity contribution in [2.45, 2.75) is 51.6 Å². The van der Waals surface area contributed by atoms with Crippen LogP contribution in [-0.4, -0.2) is 25.8 Å². The van der Waals surface area contributed by atoms with E-state index >= 15 is 0 Å². The normalized spacial score (nSPS) is 33.4. The van der Waals surface area contributed by atoms with Crippen molar-refractivity contribution in [2.75, 3.05) is 19.7 Å². The number of hydrogen-bond acceptors (Lipinski definition) is 2. The van der Waals surface area contributed by atoms with Crippen molar-refractivity contribution >= 4 is 0 Å². The topological polar surface area (TPSA) is 21.3 Å². The predicted molar refractivity (Wildman–Crippen MR) is 63.0 cm³/mol. The average molecular weight is 211 g/mol. The molecule has 1 heterocycles. The molecule has 2 atom stereocenters. The number of nitrogens with one attached hydrogen (secondary N) is 1. The van der Waals surface area contributed by atoms with Gasteiger partial charge < -0.3 is 10.1 Å². The first-order chi connectivity index (χ1) is 7.42. The van der Waals surface area contributed by atoms with Crippen LogP contribution in [0.5, 0.6) is 0 Å². The van der Waals surface area contributed by atoms with Gasteiger partial charge in [-0.2, -0.15) is 0 Å². The fourth-order valence-corrected chi connectivity index (χ4v) is 3.22. The lowest BCUT2D eigenvalue weighted by atomic mass is 9.85. The highest BCUT2D eigenvalue weighted by molar-refractivity contribution is 4.84. The molecule has 2 rings (SSSR count). The van der Waals surface area contributed by atoms with Crippen LogP contribution in [0.25, 0.3) is 0 Å². The largest absolute Gasteiger partial charge is 0.378 e. The van der Waals surface area contributed by atoms with Gasteiger partial charge in [-0.25, -0.2) is 0 Å². The first-order valence-electron chi connectivity index (χ1n) is 6.74. The molecule has 15 heavy (non-hydrogen) atoms. The molecule has 0 radical (unpaired) electrons. The smallest absolute Gasteiger partial charge is 0.0643 e. The van der Waals surface area contributed by atoms with E-state index in [9.17, 15) is 0 Å². The number of ether oxygens (including phenoxy) is 1. The first-order valence-corrected chi connectivity index (χ1v) is 6.74. The van der Waals surface area contributed by atoms with E-state index in [1.165, 1.54) is 38.5 Å². The van der Waals surface area contributed by atoms with Gasteiger partial charge in [0.05, 0.1) is 6.10 Å². The summed E-state index contributed by atoms with van der Waals surface area (Å²) in [6, 6.07) is 0. The van der Waals surface area contributed by atoms with Crippen molar-refractivity contribution in [1.29, 1.82) is 0 Å². The van der Waals surface area contributed by atoms with Crippen LogP contribution in [0.3, 0.4) is 0 Å². The Labute approximate surface area is 93.8 Å². The van der Waals surface area contributed by atoms with Gasteiger partial charge in [-0.05, 0) is 44.1 Å². The Hall–Kier alpha value is -0.0800. The van der Waals surface area contributed by atoms with Gasteiger partial charge in [-0.3, -0.25) is 0 Å². The van der Waals surface area contributed by atoms with E-state index < -0.39 is 0 Å². The molecule has 2 unspecified atom stereocenters. The highest BCUT2D eigenvalue weighted by Crippen LogP contribution is 2.35. The lowest BCUT2D eigenvalue weighted by Gasteiger charge is -2.35. The van der Waals surface area contributed by atoms with Crippen molar-refractivity contribution in [3.05, 3.63) is 0 Å². The summed E-state index contributed by atoms with van der Waals surface area (Å²) in [5.74, 6) is 1.65. The van der Waals surface area contributed by atoms with Crippen LogP contribution in [0.15, 0.2) is 0 Å². The van der Waals surface area contributed by atoms with Gasteiger partial charge >= 0.3 is 0 Å². The molecule has 0 amide bonds. The molecule has 0 aromatic rings. The van der Waals surface area contributed by atoms with Crippen LogP contribution in [0, 0.1) is 11.8 Å². The fourth-order valence-electron chi connectivity index (χ4n) is 3.22. The molecular weight excluding hydrogens is 186 g/mol. The summed E-state index contributed by atoms with van der Waals surface area (Å²) in [5.41, 5.74) is 0. The van der Waals surface area contributed by atoms with Crippen molar-refractivity contribution in [2.24, 2.45) is 11.8 Å². The molecule has 1 aliphatic carbocycles. The molecule has 2 heteroatoms. The Morgan fingerprint density at radius 2 is 1.93 bits per heavy atom. The van der Waals surface area contributed by atoms with Crippen molar-refractivity contribution in [3.63, 3.8) is 0 Å². The van der Waals surface area contributed by atoms with Gasteiger partial charge in [0.15, 0.2) is 0 Å². The fraction of sp³-hybridized carbons (Fsp3) is 1.00. The standard InChI is InChI=1S/C13H25NO/c1-2-14-10-12-8-5-9-15-13(12)11-6-3-4-7-11/h11-14H,2-10H2,1H3. The third-order valence-electron chi connectivity index (χ3n) is 4.02. The van der Waals surface area contributed by atoms with Crippen LogP contribution >= 0.6 is 0 Å². The van der Waals surface area contributed by atoms with E-state index in [0.29, 0.717) is 6.10 Å². The molecule has 1 saturated carbocycles. The SMILES string of the molecule is CCNCC1CCCOC1C1CCCC1. The minimum absolute atomic E-state index is 0.570. The second-order valence-corrected chi connectivity index (χ2v) is 5.09. The van der Waals surface area contributed by atoms with Crippen LogP contribution in [-0.2, 0) is 4.74 Å². The third-order valence-corrected chi connectivity index (χ3v) is 4.02. The minimum Gasteiger partial charge on any atom is -0.378 e. The molecule has 1 aliphatic heterocycles. The minimum atomic E-state index is 0.570. The quantitative estimate of drug-likeness (QED) is 0.771.